The van der Waals surface area contributed by atoms with E-state index >= 15 is 0 Å². The fourth-order valence-corrected chi connectivity index (χ4v) is 4.04. The Morgan fingerprint density at radius 1 is 1.38 bits per heavy atom. The molecule has 1 saturated carbocycles. The topological polar surface area (TPSA) is 61.9 Å². The van der Waals surface area contributed by atoms with Crippen molar-refractivity contribution in [3.05, 3.63) is 29.6 Å². The van der Waals surface area contributed by atoms with E-state index in [1.54, 1.807) is 19.2 Å². The highest BCUT2D eigenvalue weighted by atomic mass is 19.1. The Bertz CT molecular complexity index is 711. The molecule has 1 aliphatic heterocycles. The van der Waals surface area contributed by atoms with Crippen molar-refractivity contribution in [1.29, 1.82) is 0 Å². The summed E-state index contributed by atoms with van der Waals surface area (Å²) in [4.78, 5) is 28.5. The molecule has 0 radical (unpaired) electrons. The number of imide groups is 1. The molecule has 2 aliphatic rings. The minimum absolute atomic E-state index is 0.137. The number of carbonyl (C=O) groups is 2. The number of ether oxygens (including phenoxy) is 1. The van der Waals surface area contributed by atoms with E-state index in [4.69, 9.17) is 4.74 Å². The second kappa shape index (κ2) is 7.23. The van der Waals surface area contributed by atoms with Crippen molar-refractivity contribution >= 4 is 11.9 Å². The van der Waals surface area contributed by atoms with Gasteiger partial charge in [-0.2, -0.15) is 0 Å². The maximum atomic E-state index is 13.8. The number of amides is 3. The Morgan fingerprint density at radius 3 is 2.81 bits per heavy atom. The zero-order chi connectivity index (χ0) is 18.9. The Balaban J connectivity index is 1.67. The molecule has 26 heavy (non-hydrogen) atoms. The number of rotatable bonds is 5. The Hall–Kier alpha value is -2.15. The molecular formula is C19H26FN3O3. The van der Waals surface area contributed by atoms with Crippen molar-refractivity contribution < 1.29 is 18.7 Å². The summed E-state index contributed by atoms with van der Waals surface area (Å²) in [6.45, 7) is 2.62. The van der Waals surface area contributed by atoms with Crippen LogP contribution in [-0.4, -0.2) is 48.1 Å². The van der Waals surface area contributed by atoms with E-state index in [0.29, 0.717) is 13.0 Å². The molecule has 0 bridgehead atoms. The SMILES string of the molecule is COc1ccc(CN(C)CN2C(=O)N[C@]3(CCCC[C@H]3C)C2=O)cc1F. The highest BCUT2D eigenvalue weighted by molar-refractivity contribution is 6.07. The first-order chi connectivity index (χ1) is 12.4. The van der Waals surface area contributed by atoms with E-state index in [9.17, 15) is 14.0 Å². The van der Waals surface area contributed by atoms with Gasteiger partial charge in [0.15, 0.2) is 11.6 Å². The third-order valence-electron chi connectivity index (χ3n) is 5.55. The van der Waals surface area contributed by atoms with Crippen LogP contribution in [0.15, 0.2) is 18.2 Å². The summed E-state index contributed by atoms with van der Waals surface area (Å²) in [5, 5.41) is 2.95. The number of hydrogen-bond acceptors (Lipinski definition) is 4. The summed E-state index contributed by atoms with van der Waals surface area (Å²) >= 11 is 0. The monoisotopic (exact) mass is 363 g/mol. The van der Waals surface area contributed by atoms with Crippen molar-refractivity contribution in [3.8, 4) is 5.75 Å². The lowest BCUT2D eigenvalue weighted by atomic mass is 9.73. The number of hydrogen-bond donors (Lipinski definition) is 1. The van der Waals surface area contributed by atoms with E-state index in [0.717, 1.165) is 24.8 Å². The van der Waals surface area contributed by atoms with Crippen molar-refractivity contribution in [2.45, 2.75) is 44.7 Å². The summed E-state index contributed by atoms with van der Waals surface area (Å²) < 4.78 is 18.8. The van der Waals surface area contributed by atoms with Crippen LogP contribution in [0.1, 0.15) is 38.2 Å². The van der Waals surface area contributed by atoms with Gasteiger partial charge in [-0.05, 0) is 43.5 Å². The Morgan fingerprint density at radius 2 is 2.15 bits per heavy atom. The molecule has 3 rings (SSSR count). The lowest BCUT2D eigenvalue weighted by Gasteiger charge is -2.37. The third-order valence-corrected chi connectivity index (χ3v) is 5.55. The maximum Gasteiger partial charge on any atom is 0.326 e. The van der Waals surface area contributed by atoms with Crippen molar-refractivity contribution in [2.24, 2.45) is 5.92 Å². The molecule has 1 spiro atoms. The van der Waals surface area contributed by atoms with Crippen LogP contribution in [0.4, 0.5) is 9.18 Å². The predicted octanol–water partition coefficient (Wildman–Crippen LogP) is 2.72. The van der Waals surface area contributed by atoms with Crippen LogP contribution in [0.25, 0.3) is 0 Å². The van der Waals surface area contributed by atoms with Crippen LogP contribution in [0.3, 0.4) is 0 Å². The van der Waals surface area contributed by atoms with E-state index < -0.39 is 11.4 Å². The van der Waals surface area contributed by atoms with Gasteiger partial charge in [-0.3, -0.25) is 9.69 Å². The van der Waals surface area contributed by atoms with Crippen LogP contribution in [0.2, 0.25) is 0 Å². The standard InChI is InChI=1S/C19H26FN3O3/c1-13-6-4-5-9-19(13)17(24)23(18(25)21-19)12-22(2)11-14-7-8-16(26-3)15(20)10-14/h7-8,10,13H,4-6,9,11-12H2,1-3H3,(H,21,25)/t13-,19+/m1/s1. The smallest absolute Gasteiger partial charge is 0.326 e. The molecule has 1 heterocycles. The first kappa shape index (κ1) is 18.6. The van der Waals surface area contributed by atoms with Gasteiger partial charge in [-0.1, -0.05) is 25.8 Å². The third kappa shape index (κ3) is 3.28. The van der Waals surface area contributed by atoms with Crippen molar-refractivity contribution in [3.63, 3.8) is 0 Å². The molecule has 1 aromatic rings. The Kier molecular flexibility index (Phi) is 5.18. The first-order valence-corrected chi connectivity index (χ1v) is 9.02. The molecule has 2 fully saturated rings. The summed E-state index contributed by atoms with van der Waals surface area (Å²) in [5.41, 5.74) is 0.00108. The summed E-state index contributed by atoms with van der Waals surface area (Å²) in [6.07, 6.45) is 3.68. The molecule has 6 nitrogen and oxygen atoms in total. The van der Waals surface area contributed by atoms with Crippen LogP contribution in [0, 0.1) is 11.7 Å². The number of nitrogens with zero attached hydrogens (tertiary/aromatic N) is 2. The maximum absolute atomic E-state index is 13.8. The summed E-state index contributed by atoms with van der Waals surface area (Å²) in [6, 6.07) is 4.42. The van der Waals surface area contributed by atoms with Gasteiger partial charge in [-0.25, -0.2) is 14.1 Å². The molecule has 2 atom stereocenters. The predicted molar refractivity (Wildman–Crippen MR) is 95.0 cm³/mol. The normalized spacial score (nSPS) is 25.9. The summed E-state index contributed by atoms with van der Waals surface area (Å²) in [5.74, 6) is -0.233. The average Bonchev–Trinajstić information content (AvgIpc) is 2.83. The molecule has 7 heteroatoms. The largest absolute Gasteiger partial charge is 0.494 e. The van der Waals surface area contributed by atoms with Crippen LogP contribution in [0.5, 0.6) is 5.75 Å². The molecule has 0 aromatic heterocycles. The molecule has 1 aromatic carbocycles. The second-order valence-corrected chi connectivity index (χ2v) is 7.41. The van der Waals surface area contributed by atoms with Gasteiger partial charge < -0.3 is 10.1 Å². The molecule has 1 aliphatic carbocycles. The first-order valence-electron chi connectivity index (χ1n) is 9.02. The fourth-order valence-electron chi connectivity index (χ4n) is 4.04. The number of methoxy groups -OCH3 is 1. The quantitative estimate of drug-likeness (QED) is 0.817. The van der Waals surface area contributed by atoms with E-state index in [-0.39, 0.29) is 30.3 Å². The van der Waals surface area contributed by atoms with E-state index in [2.05, 4.69) is 5.32 Å². The van der Waals surface area contributed by atoms with Crippen LogP contribution in [-0.2, 0) is 11.3 Å². The lowest BCUT2D eigenvalue weighted by Crippen LogP contribution is -2.54. The van der Waals surface area contributed by atoms with Crippen LogP contribution < -0.4 is 10.1 Å². The van der Waals surface area contributed by atoms with Gasteiger partial charge in [0.1, 0.15) is 5.54 Å². The number of benzene rings is 1. The molecule has 3 amide bonds. The zero-order valence-electron chi connectivity index (χ0n) is 15.5. The Labute approximate surface area is 153 Å². The molecular weight excluding hydrogens is 337 g/mol. The zero-order valence-corrected chi connectivity index (χ0v) is 15.5. The van der Waals surface area contributed by atoms with E-state index in [1.165, 1.54) is 18.1 Å². The number of urea groups is 1. The highest BCUT2D eigenvalue weighted by Gasteiger charge is 2.54. The second-order valence-electron chi connectivity index (χ2n) is 7.41. The van der Waals surface area contributed by atoms with Gasteiger partial charge in [0.2, 0.25) is 0 Å². The minimum atomic E-state index is -0.748. The van der Waals surface area contributed by atoms with Gasteiger partial charge >= 0.3 is 6.03 Å². The molecule has 1 saturated heterocycles. The summed E-state index contributed by atoms with van der Waals surface area (Å²) in [7, 11) is 3.22. The van der Waals surface area contributed by atoms with Gasteiger partial charge in [0.25, 0.3) is 5.91 Å². The van der Waals surface area contributed by atoms with E-state index in [1.807, 2.05) is 11.8 Å². The number of halogens is 1. The van der Waals surface area contributed by atoms with Crippen LogP contribution >= 0.6 is 0 Å². The van der Waals surface area contributed by atoms with Gasteiger partial charge in [0, 0.05) is 6.54 Å². The minimum Gasteiger partial charge on any atom is -0.494 e. The highest BCUT2D eigenvalue weighted by Crippen LogP contribution is 2.38. The number of nitrogens with one attached hydrogen (secondary N) is 1. The molecule has 1 N–H and O–H groups in total. The van der Waals surface area contributed by atoms with Crippen molar-refractivity contribution in [1.82, 2.24) is 15.1 Å². The van der Waals surface area contributed by atoms with Gasteiger partial charge in [-0.15, -0.1) is 0 Å². The molecule has 0 unspecified atom stereocenters. The van der Waals surface area contributed by atoms with Gasteiger partial charge in [0.05, 0.1) is 13.8 Å². The number of carbonyl (C=O) groups excluding carboxylic acids is 2. The van der Waals surface area contributed by atoms with Crippen molar-refractivity contribution in [2.75, 3.05) is 20.8 Å². The molecule has 142 valence electrons. The fraction of sp³-hybridized carbons (Fsp3) is 0.579. The lowest BCUT2D eigenvalue weighted by molar-refractivity contribution is -0.135. The average molecular weight is 363 g/mol.